The van der Waals surface area contributed by atoms with Crippen LogP contribution in [-0.4, -0.2) is 82.4 Å². The summed E-state index contributed by atoms with van der Waals surface area (Å²) in [4.78, 5) is 11.8. The van der Waals surface area contributed by atoms with E-state index in [1.165, 1.54) is 26.8 Å². The summed E-state index contributed by atoms with van der Waals surface area (Å²) >= 11 is 0. The Morgan fingerprint density at radius 1 is 0.768 bits per heavy atom. The summed E-state index contributed by atoms with van der Waals surface area (Å²) in [6, 6.07) is 2.20. The molecule has 0 aliphatic heterocycles. The third-order valence-electron chi connectivity index (χ3n) is 8.84. The predicted molar refractivity (Wildman–Crippen MR) is 167 cm³/mol. The molecule has 324 valence electrons. The van der Waals surface area contributed by atoms with Crippen LogP contribution in [0.2, 0.25) is 0 Å². The smallest absolute Gasteiger partial charge is 0.436 e. The Labute approximate surface area is 311 Å². The number of alkyl halides is 15. The quantitative estimate of drug-likeness (QED) is 0.0883. The third kappa shape index (κ3) is 11.5. The third-order valence-corrected chi connectivity index (χ3v) is 8.84. The van der Waals surface area contributed by atoms with Crippen LogP contribution in [0.3, 0.4) is 0 Å². The van der Waals surface area contributed by atoms with Gasteiger partial charge in [-0.2, -0.15) is 65.9 Å². The summed E-state index contributed by atoms with van der Waals surface area (Å²) in [5.41, 5.74) is -18.1. The Bertz CT molecular complexity index is 1480. The molecule has 1 aromatic carbocycles. The molecule has 7 nitrogen and oxygen atoms in total. The molecule has 0 radical (unpaired) electrons. The second-order valence-electron chi connectivity index (χ2n) is 13.9. The van der Waals surface area contributed by atoms with Crippen LogP contribution in [-0.2, 0) is 30.2 Å². The van der Waals surface area contributed by atoms with Crippen LogP contribution in [0.15, 0.2) is 36.9 Å². The van der Waals surface area contributed by atoms with Gasteiger partial charge < -0.3 is 29.5 Å². The minimum atomic E-state index is -6.37. The minimum Gasteiger partial charge on any atom is -0.436 e. The lowest BCUT2D eigenvalue weighted by atomic mass is 9.66. The molecule has 0 amide bonds. The molecule has 0 saturated heterocycles. The van der Waals surface area contributed by atoms with Gasteiger partial charge in [0.15, 0.2) is 6.29 Å². The molecule has 56 heavy (non-hydrogen) atoms. The van der Waals surface area contributed by atoms with Crippen LogP contribution in [0.4, 0.5) is 65.9 Å². The van der Waals surface area contributed by atoms with E-state index in [0.29, 0.717) is 12.1 Å². The first-order chi connectivity index (χ1) is 24.7. The highest BCUT2D eigenvalue weighted by Gasteiger charge is 2.78. The Hall–Kier alpha value is -3.08. The maximum absolute atomic E-state index is 14.1. The van der Waals surface area contributed by atoms with E-state index in [-0.39, 0.29) is 24.2 Å². The van der Waals surface area contributed by atoms with Gasteiger partial charge in [-0.15, -0.1) is 0 Å². The number of halogens is 15. The van der Waals surface area contributed by atoms with Crippen molar-refractivity contribution in [2.75, 3.05) is 6.61 Å². The van der Waals surface area contributed by atoms with E-state index in [0.717, 1.165) is 19.9 Å². The summed E-state index contributed by atoms with van der Waals surface area (Å²) < 4.78 is 214. The van der Waals surface area contributed by atoms with Crippen LogP contribution in [0.1, 0.15) is 77.5 Å². The maximum atomic E-state index is 14.1. The molecule has 0 heterocycles. The highest BCUT2D eigenvalue weighted by Crippen LogP contribution is 2.57. The van der Waals surface area contributed by atoms with E-state index in [1.807, 2.05) is 0 Å². The molecule has 0 spiro atoms. The second-order valence-corrected chi connectivity index (χ2v) is 13.9. The van der Waals surface area contributed by atoms with Crippen LogP contribution >= 0.6 is 0 Å². The predicted octanol–water partition coefficient (Wildman–Crippen LogP) is 9.34. The zero-order chi connectivity index (χ0) is 44.5. The molecule has 22 heteroatoms. The van der Waals surface area contributed by atoms with Crippen molar-refractivity contribution < 1.29 is 100 Å². The largest absolute Gasteiger partial charge is 0.437 e. The van der Waals surface area contributed by atoms with Crippen molar-refractivity contribution in [3.8, 4) is 0 Å². The standard InChI is InChI=1S/C20H27F9O5.C14H14F6O2/c1-6-32-11(3)33-14-8-12(16(4,5)31)7-13(9-14)17(19(24,25)26,20(27,28)29)34-15(30)10(2)18(21,22)23;1-4-8-5-9(11(2,3)21)7-10(6-8)12(22,13(15,16)17)14(18,19)20/h11-14,31H,2,6-9H2,1,3-5H3;4-7,21-22H,1H2,2-3H3. The van der Waals surface area contributed by atoms with Crippen molar-refractivity contribution in [2.24, 2.45) is 11.8 Å². The number of rotatable bonds is 11. The van der Waals surface area contributed by atoms with Crippen molar-refractivity contribution in [3.63, 3.8) is 0 Å². The van der Waals surface area contributed by atoms with E-state index in [9.17, 15) is 86.0 Å². The van der Waals surface area contributed by atoms with Crippen LogP contribution < -0.4 is 0 Å². The first-order valence-electron chi connectivity index (χ1n) is 16.2. The van der Waals surface area contributed by atoms with E-state index in [2.05, 4.69) is 17.9 Å². The van der Waals surface area contributed by atoms with Gasteiger partial charge in [-0.1, -0.05) is 19.2 Å². The lowest BCUT2D eigenvalue weighted by molar-refractivity contribution is -0.391. The molecule has 0 aromatic heterocycles. The van der Waals surface area contributed by atoms with Crippen molar-refractivity contribution >= 4 is 12.0 Å². The van der Waals surface area contributed by atoms with Gasteiger partial charge in [-0.05, 0) is 96.0 Å². The Kier molecular flexibility index (Phi) is 15.5. The number of carbonyl (C=O) groups is 1. The van der Waals surface area contributed by atoms with Crippen LogP contribution in [0, 0.1) is 11.8 Å². The fourth-order valence-electron chi connectivity index (χ4n) is 5.80. The van der Waals surface area contributed by atoms with Gasteiger partial charge in [-0.3, -0.25) is 0 Å². The average Bonchev–Trinajstić information content (AvgIpc) is 2.99. The average molecular weight is 847 g/mol. The molecule has 1 aromatic rings. The van der Waals surface area contributed by atoms with Gasteiger partial charge >= 0.3 is 42.5 Å². The zero-order valence-electron chi connectivity index (χ0n) is 30.5. The molecule has 3 N–H and O–H groups in total. The molecule has 1 aliphatic rings. The number of hydrogen-bond donors (Lipinski definition) is 3. The Balaban J connectivity index is 0.000000614. The van der Waals surface area contributed by atoms with E-state index in [1.54, 1.807) is 6.92 Å². The molecule has 2 rings (SSSR count). The molecule has 0 bridgehead atoms. The number of benzene rings is 1. The van der Waals surface area contributed by atoms with Crippen molar-refractivity contribution in [2.45, 2.75) is 126 Å². The van der Waals surface area contributed by atoms with Gasteiger partial charge in [0.2, 0.25) is 0 Å². The van der Waals surface area contributed by atoms with Gasteiger partial charge in [0, 0.05) is 18.1 Å². The topological polar surface area (TPSA) is 105 Å². The zero-order valence-corrected chi connectivity index (χ0v) is 30.5. The summed E-state index contributed by atoms with van der Waals surface area (Å²) in [6.07, 6.45) is -33.8. The monoisotopic (exact) mass is 846 g/mol. The van der Waals surface area contributed by atoms with Crippen molar-refractivity contribution in [1.82, 2.24) is 0 Å². The van der Waals surface area contributed by atoms with Crippen LogP contribution in [0.5, 0.6) is 0 Å². The highest BCUT2D eigenvalue weighted by atomic mass is 19.4. The van der Waals surface area contributed by atoms with E-state index >= 15 is 0 Å². The molecule has 1 aliphatic carbocycles. The summed E-state index contributed by atoms with van der Waals surface area (Å²) in [5, 5.41) is 29.6. The molecular formula is C34H41F15O7. The van der Waals surface area contributed by atoms with Crippen molar-refractivity contribution in [1.29, 1.82) is 0 Å². The molecular weight excluding hydrogens is 805 g/mol. The normalized spacial score (nSPS) is 20.1. The number of esters is 1. The Morgan fingerprint density at radius 3 is 1.57 bits per heavy atom. The van der Waals surface area contributed by atoms with Gasteiger partial charge in [0.1, 0.15) is 5.57 Å². The first-order valence-corrected chi connectivity index (χ1v) is 16.2. The first kappa shape index (κ1) is 50.9. The Morgan fingerprint density at radius 2 is 1.21 bits per heavy atom. The summed E-state index contributed by atoms with van der Waals surface area (Å²) in [6.45, 7) is 13.2. The lowest BCUT2D eigenvalue weighted by Gasteiger charge is -2.48. The second kappa shape index (κ2) is 17.0. The number of hydrogen-bond acceptors (Lipinski definition) is 7. The maximum Gasteiger partial charge on any atom is 0.437 e. The summed E-state index contributed by atoms with van der Waals surface area (Å²) in [7, 11) is 0. The fourth-order valence-corrected chi connectivity index (χ4v) is 5.80. The van der Waals surface area contributed by atoms with Crippen LogP contribution in [0.25, 0.3) is 6.08 Å². The molecule has 4 atom stereocenters. The van der Waals surface area contributed by atoms with E-state index < -0.39 is 107 Å². The number of aliphatic hydroxyl groups is 3. The SMILES string of the molecule is C=C(C(=O)OC(C1CC(OC(C)OCC)CC(C(C)(C)O)C1)(C(F)(F)F)C(F)(F)F)C(F)(F)F.C=Cc1cc(C(C)(C)O)cc(C(O)(C(F)(F)F)C(F)(F)F)c1. The minimum absolute atomic E-state index is 0.0958. The number of ether oxygens (including phenoxy) is 3. The van der Waals surface area contributed by atoms with Crippen molar-refractivity contribution in [3.05, 3.63) is 53.6 Å². The number of carbonyl (C=O) groups excluding carboxylic acids is 1. The van der Waals surface area contributed by atoms with Gasteiger partial charge in [0.05, 0.1) is 17.3 Å². The fraction of sp³-hybridized carbons (Fsp3) is 0.676. The molecule has 1 fully saturated rings. The van der Waals surface area contributed by atoms with E-state index in [4.69, 9.17) is 9.47 Å². The van der Waals surface area contributed by atoms with Gasteiger partial charge in [-0.25, -0.2) is 4.79 Å². The highest BCUT2D eigenvalue weighted by molar-refractivity contribution is 5.89. The lowest BCUT2D eigenvalue weighted by Crippen LogP contribution is -2.66. The van der Waals surface area contributed by atoms with Gasteiger partial charge in [0.25, 0.3) is 5.60 Å². The molecule has 4 unspecified atom stereocenters. The molecule has 1 saturated carbocycles. The summed E-state index contributed by atoms with van der Waals surface area (Å²) in [5.74, 6) is -6.77.